The number of methoxy groups -OCH3 is 2. The fraction of sp³-hybridized carbons (Fsp3) is 0.308. The standard InChI is InChI=1S/C26H28N4O5S/c1-5-35-25(32)23-16(2)29-26-30(24(23)20-12-19(33-3)8-9-21(20)34-4)18(15-36-26)11-22(31)28-14-17-7-6-10-27-13-17/h6-10,12-13,15,24H,5,11,14H2,1-4H3,(H,28,31)/t24-/m1/s1. The van der Waals surface area contributed by atoms with Crippen molar-refractivity contribution in [1.82, 2.24) is 15.2 Å². The fourth-order valence-electron chi connectivity index (χ4n) is 4.12. The van der Waals surface area contributed by atoms with E-state index in [0.29, 0.717) is 45.7 Å². The van der Waals surface area contributed by atoms with E-state index in [0.717, 1.165) is 5.56 Å². The van der Waals surface area contributed by atoms with Gasteiger partial charge in [-0.1, -0.05) is 17.8 Å². The predicted molar refractivity (Wildman–Crippen MR) is 137 cm³/mol. The topological polar surface area (TPSA) is 102 Å². The molecule has 2 aromatic rings. The van der Waals surface area contributed by atoms with Crippen molar-refractivity contribution in [3.63, 3.8) is 0 Å². The Hall–Kier alpha value is -3.79. The quantitative estimate of drug-likeness (QED) is 0.508. The minimum Gasteiger partial charge on any atom is -0.497 e. The van der Waals surface area contributed by atoms with Crippen LogP contribution in [-0.4, -0.2) is 47.8 Å². The Morgan fingerprint density at radius 3 is 2.72 bits per heavy atom. The zero-order valence-electron chi connectivity index (χ0n) is 20.6. The summed E-state index contributed by atoms with van der Waals surface area (Å²) in [5, 5.41) is 5.50. The summed E-state index contributed by atoms with van der Waals surface area (Å²) in [4.78, 5) is 36.7. The van der Waals surface area contributed by atoms with Crippen LogP contribution in [-0.2, 0) is 20.9 Å². The molecule has 1 amide bonds. The Balaban J connectivity index is 1.69. The summed E-state index contributed by atoms with van der Waals surface area (Å²) in [6.07, 6.45) is 3.50. The molecule has 1 aromatic heterocycles. The molecule has 0 saturated carbocycles. The monoisotopic (exact) mass is 508 g/mol. The zero-order valence-corrected chi connectivity index (χ0v) is 21.4. The van der Waals surface area contributed by atoms with Crippen LogP contribution in [0.3, 0.4) is 0 Å². The van der Waals surface area contributed by atoms with Gasteiger partial charge in [-0.25, -0.2) is 9.79 Å². The molecule has 1 aromatic carbocycles. The molecule has 4 rings (SSSR count). The lowest BCUT2D eigenvalue weighted by atomic mass is 9.92. The van der Waals surface area contributed by atoms with E-state index in [1.807, 2.05) is 28.5 Å². The molecule has 188 valence electrons. The van der Waals surface area contributed by atoms with Gasteiger partial charge in [0, 0.05) is 30.2 Å². The van der Waals surface area contributed by atoms with E-state index >= 15 is 0 Å². The Morgan fingerprint density at radius 2 is 2.03 bits per heavy atom. The van der Waals surface area contributed by atoms with Gasteiger partial charge in [-0.15, -0.1) is 0 Å². The third-order valence-electron chi connectivity index (χ3n) is 5.78. The maximum absolute atomic E-state index is 13.2. The number of aliphatic imine (C=N–C) groups is 1. The fourth-order valence-corrected chi connectivity index (χ4v) is 5.08. The van der Waals surface area contributed by atoms with Gasteiger partial charge in [0.15, 0.2) is 5.17 Å². The molecule has 1 N–H and O–H groups in total. The van der Waals surface area contributed by atoms with E-state index in [1.54, 1.807) is 52.6 Å². The minimum absolute atomic E-state index is 0.101. The lowest BCUT2D eigenvalue weighted by Gasteiger charge is -2.36. The van der Waals surface area contributed by atoms with Gasteiger partial charge in [-0.3, -0.25) is 9.78 Å². The van der Waals surface area contributed by atoms with Crippen molar-refractivity contribution in [2.75, 3.05) is 20.8 Å². The summed E-state index contributed by atoms with van der Waals surface area (Å²) in [5.74, 6) is 0.563. The molecule has 0 saturated heterocycles. The van der Waals surface area contributed by atoms with Gasteiger partial charge in [0.1, 0.15) is 11.5 Å². The summed E-state index contributed by atoms with van der Waals surface area (Å²) in [7, 11) is 3.15. The smallest absolute Gasteiger partial charge is 0.338 e. The molecule has 10 heteroatoms. The number of esters is 1. The number of hydrogen-bond acceptors (Lipinski definition) is 9. The van der Waals surface area contributed by atoms with E-state index < -0.39 is 12.0 Å². The summed E-state index contributed by atoms with van der Waals surface area (Å²) < 4.78 is 16.5. The van der Waals surface area contributed by atoms with E-state index in [2.05, 4.69) is 15.3 Å². The van der Waals surface area contributed by atoms with E-state index in [4.69, 9.17) is 14.2 Å². The highest BCUT2D eigenvalue weighted by Crippen LogP contribution is 2.47. The van der Waals surface area contributed by atoms with Gasteiger partial charge in [0.05, 0.1) is 44.6 Å². The highest BCUT2D eigenvalue weighted by atomic mass is 32.2. The van der Waals surface area contributed by atoms with E-state index in [-0.39, 0.29) is 18.9 Å². The SMILES string of the molecule is CCOC(=O)C1=C(C)N=C2SC=C(CC(=O)NCc3cccnc3)N2[C@@H]1c1cc(OC)ccc1OC. The maximum Gasteiger partial charge on any atom is 0.338 e. The average Bonchev–Trinajstić information content (AvgIpc) is 3.28. The van der Waals surface area contributed by atoms with Crippen LogP contribution in [0.5, 0.6) is 11.5 Å². The number of amides is 1. The van der Waals surface area contributed by atoms with Gasteiger partial charge < -0.3 is 24.4 Å². The van der Waals surface area contributed by atoms with Gasteiger partial charge in [-0.2, -0.15) is 0 Å². The summed E-state index contributed by atoms with van der Waals surface area (Å²) in [6, 6.07) is 8.53. The number of thioether (sulfide) groups is 1. The number of allylic oxidation sites excluding steroid dienone is 1. The van der Waals surface area contributed by atoms with Crippen molar-refractivity contribution in [2.24, 2.45) is 4.99 Å². The number of fused-ring (bicyclic) bond motifs is 1. The Kier molecular flexibility index (Phi) is 7.94. The first-order chi connectivity index (χ1) is 17.5. The number of amidine groups is 1. The second kappa shape index (κ2) is 11.3. The summed E-state index contributed by atoms with van der Waals surface area (Å²) >= 11 is 1.41. The number of carbonyl (C=O) groups is 2. The Labute approximate surface area is 214 Å². The lowest BCUT2D eigenvalue weighted by molar-refractivity contribution is -0.139. The highest BCUT2D eigenvalue weighted by Gasteiger charge is 2.42. The van der Waals surface area contributed by atoms with Crippen LogP contribution in [0.25, 0.3) is 0 Å². The largest absolute Gasteiger partial charge is 0.497 e. The molecular formula is C26H28N4O5S. The van der Waals surface area contributed by atoms with Crippen molar-refractivity contribution in [2.45, 2.75) is 32.9 Å². The lowest BCUT2D eigenvalue weighted by Crippen LogP contribution is -2.38. The van der Waals surface area contributed by atoms with Gasteiger partial charge in [0.25, 0.3) is 0 Å². The highest BCUT2D eigenvalue weighted by molar-refractivity contribution is 8.16. The number of aromatic nitrogens is 1. The number of nitrogens with one attached hydrogen (secondary N) is 1. The number of rotatable bonds is 9. The number of nitrogens with zero attached hydrogens (tertiary/aromatic N) is 3. The predicted octanol–water partition coefficient (Wildman–Crippen LogP) is 3.94. The van der Waals surface area contributed by atoms with Crippen LogP contribution in [0, 0.1) is 0 Å². The molecule has 0 spiro atoms. The van der Waals surface area contributed by atoms with Crippen molar-refractivity contribution in [3.8, 4) is 11.5 Å². The first-order valence-electron chi connectivity index (χ1n) is 11.5. The average molecular weight is 509 g/mol. The molecule has 0 radical (unpaired) electrons. The first kappa shape index (κ1) is 25.3. The second-order valence-corrected chi connectivity index (χ2v) is 8.87. The first-order valence-corrected chi connectivity index (χ1v) is 12.3. The zero-order chi connectivity index (χ0) is 25.7. The third-order valence-corrected chi connectivity index (χ3v) is 6.67. The van der Waals surface area contributed by atoms with Gasteiger partial charge >= 0.3 is 5.97 Å². The molecule has 0 fully saturated rings. The molecular weight excluding hydrogens is 480 g/mol. The Morgan fingerprint density at radius 1 is 1.19 bits per heavy atom. The van der Waals surface area contributed by atoms with Crippen molar-refractivity contribution >= 4 is 28.8 Å². The van der Waals surface area contributed by atoms with E-state index in [1.165, 1.54) is 11.8 Å². The molecule has 0 aliphatic carbocycles. The number of carbonyl (C=O) groups excluding carboxylic acids is 2. The van der Waals surface area contributed by atoms with E-state index in [9.17, 15) is 9.59 Å². The molecule has 36 heavy (non-hydrogen) atoms. The minimum atomic E-state index is -0.617. The Bertz CT molecular complexity index is 1240. The van der Waals surface area contributed by atoms with Gasteiger partial charge in [-0.05, 0) is 49.1 Å². The third kappa shape index (κ3) is 5.23. The normalized spacial score (nSPS) is 16.7. The summed E-state index contributed by atoms with van der Waals surface area (Å²) in [5.41, 5.74) is 3.26. The number of pyridine rings is 1. The molecule has 0 bridgehead atoms. The molecule has 1 atom stereocenters. The van der Waals surface area contributed by atoms with Crippen molar-refractivity contribution < 1.29 is 23.8 Å². The van der Waals surface area contributed by atoms with Crippen molar-refractivity contribution in [1.29, 1.82) is 0 Å². The van der Waals surface area contributed by atoms with Crippen LogP contribution < -0.4 is 14.8 Å². The molecule has 2 aliphatic rings. The number of ether oxygens (including phenoxy) is 3. The summed E-state index contributed by atoms with van der Waals surface area (Å²) in [6.45, 7) is 4.14. The van der Waals surface area contributed by atoms with Crippen LogP contribution in [0.1, 0.15) is 37.4 Å². The number of hydrogen-bond donors (Lipinski definition) is 1. The molecule has 9 nitrogen and oxygen atoms in total. The molecule has 0 unspecified atom stereocenters. The number of benzene rings is 1. The maximum atomic E-state index is 13.2. The van der Waals surface area contributed by atoms with Crippen LogP contribution in [0.2, 0.25) is 0 Å². The molecule has 3 heterocycles. The van der Waals surface area contributed by atoms with Crippen LogP contribution in [0.4, 0.5) is 0 Å². The van der Waals surface area contributed by atoms with Crippen LogP contribution in [0.15, 0.2) is 70.1 Å². The van der Waals surface area contributed by atoms with Gasteiger partial charge in [0.2, 0.25) is 5.91 Å². The molecule has 2 aliphatic heterocycles. The second-order valence-electron chi connectivity index (χ2n) is 8.04. The van der Waals surface area contributed by atoms with Crippen molar-refractivity contribution in [3.05, 3.63) is 76.2 Å². The van der Waals surface area contributed by atoms with Crippen LogP contribution >= 0.6 is 11.8 Å².